The predicted octanol–water partition coefficient (Wildman–Crippen LogP) is -0.126. The molecule has 4 heteroatoms. The fourth-order valence-corrected chi connectivity index (χ4v) is 2.50. The van der Waals surface area contributed by atoms with Crippen molar-refractivity contribution in [1.82, 2.24) is 10.2 Å². The molecule has 4 nitrogen and oxygen atoms in total. The topological polar surface area (TPSA) is 61.5 Å². The first kappa shape index (κ1) is 13.9. The first-order valence-electron chi connectivity index (χ1n) is 6.44. The molecule has 1 fully saturated rings. The summed E-state index contributed by atoms with van der Waals surface area (Å²) in [4.78, 5) is 2.45. The van der Waals surface area contributed by atoms with Gasteiger partial charge in [0.2, 0.25) is 0 Å². The van der Waals surface area contributed by atoms with Crippen LogP contribution < -0.4 is 11.1 Å². The molecule has 1 rings (SSSR count). The Morgan fingerprint density at radius 3 is 2.75 bits per heavy atom. The first-order valence-corrected chi connectivity index (χ1v) is 6.44. The number of nitrogens with two attached hydrogens (primary N) is 1. The molecule has 4 N–H and O–H groups in total. The van der Waals surface area contributed by atoms with Crippen molar-refractivity contribution in [3.63, 3.8) is 0 Å². The summed E-state index contributed by atoms with van der Waals surface area (Å²) in [6.45, 7) is 9.47. The first-order chi connectivity index (χ1) is 7.67. The van der Waals surface area contributed by atoms with Crippen molar-refractivity contribution in [3.05, 3.63) is 0 Å². The molecule has 0 amide bonds. The molecule has 0 spiro atoms. The second-order valence-corrected chi connectivity index (χ2v) is 5.16. The Morgan fingerprint density at radius 2 is 2.19 bits per heavy atom. The van der Waals surface area contributed by atoms with Crippen molar-refractivity contribution in [2.24, 2.45) is 17.6 Å². The summed E-state index contributed by atoms with van der Waals surface area (Å²) >= 11 is 0. The molecule has 16 heavy (non-hydrogen) atoms. The average Bonchev–Trinajstić information content (AvgIpc) is 2.26. The summed E-state index contributed by atoms with van der Waals surface area (Å²) in [5.41, 5.74) is 5.62. The molecule has 1 heterocycles. The lowest BCUT2D eigenvalue weighted by atomic mass is 9.85. The summed E-state index contributed by atoms with van der Waals surface area (Å²) in [6, 6.07) is 0.514. The molecule has 0 aromatic carbocycles. The van der Waals surface area contributed by atoms with Gasteiger partial charge in [0, 0.05) is 38.8 Å². The Hall–Kier alpha value is -0.160. The zero-order valence-electron chi connectivity index (χ0n) is 10.7. The summed E-state index contributed by atoms with van der Waals surface area (Å²) in [7, 11) is 0. The van der Waals surface area contributed by atoms with E-state index in [1.165, 1.54) is 13.0 Å². The number of hydrogen-bond acceptors (Lipinski definition) is 4. The van der Waals surface area contributed by atoms with Crippen molar-refractivity contribution < 1.29 is 5.11 Å². The number of nitrogens with zero attached hydrogens (tertiary/aromatic N) is 1. The third-order valence-corrected chi connectivity index (χ3v) is 3.49. The average molecular weight is 229 g/mol. The summed E-state index contributed by atoms with van der Waals surface area (Å²) in [5.74, 6) is 1.47. The highest BCUT2D eigenvalue weighted by molar-refractivity contribution is 4.84. The van der Waals surface area contributed by atoms with Gasteiger partial charge in [-0.2, -0.15) is 0 Å². The number of aliphatic hydroxyl groups excluding tert-OH is 1. The zero-order chi connectivity index (χ0) is 12.0. The Morgan fingerprint density at radius 1 is 1.44 bits per heavy atom. The van der Waals surface area contributed by atoms with Crippen LogP contribution in [0.15, 0.2) is 0 Å². The SMILES string of the molecule is CC(C)C1CC(NCCO)CN(CCN)C1. The third kappa shape index (κ3) is 4.37. The molecule has 2 atom stereocenters. The smallest absolute Gasteiger partial charge is 0.0556 e. The zero-order valence-corrected chi connectivity index (χ0v) is 10.7. The highest BCUT2D eigenvalue weighted by Crippen LogP contribution is 2.23. The summed E-state index contributed by atoms with van der Waals surface area (Å²) in [6.07, 6.45) is 1.22. The number of likely N-dealkylation sites (tertiary alicyclic amines) is 1. The van der Waals surface area contributed by atoms with Gasteiger partial charge in [0.05, 0.1) is 6.61 Å². The van der Waals surface area contributed by atoms with E-state index in [4.69, 9.17) is 10.8 Å². The highest BCUT2D eigenvalue weighted by Gasteiger charge is 2.27. The minimum Gasteiger partial charge on any atom is -0.395 e. The van der Waals surface area contributed by atoms with E-state index in [0.717, 1.165) is 31.5 Å². The Labute approximate surface area is 99.2 Å². The molecule has 2 unspecified atom stereocenters. The fraction of sp³-hybridized carbons (Fsp3) is 1.00. The van der Waals surface area contributed by atoms with E-state index in [1.54, 1.807) is 0 Å². The van der Waals surface area contributed by atoms with Gasteiger partial charge < -0.3 is 21.1 Å². The maximum atomic E-state index is 8.85. The van der Waals surface area contributed by atoms with Gasteiger partial charge in [-0.25, -0.2) is 0 Å². The largest absolute Gasteiger partial charge is 0.395 e. The van der Waals surface area contributed by atoms with Crippen molar-refractivity contribution >= 4 is 0 Å². The van der Waals surface area contributed by atoms with E-state index in [1.807, 2.05) is 0 Å². The molecule has 0 bridgehead atoms. The highest BCUT2D eigenvalue weighted by atomic mass is 16.3. The van der Waals surface area contributed by atoms with Gasteiger partial charge in [0.25, 0.3) is 0 Å². The summed E-state index contributed by atoms with van der Waals surface area (Å²) in [5, 5.41) is 12.3. The molecule has 1 aliphatic rings. The van der Waals surface area contributed by atoms with E-state index < -0.39 is 0 Å². The van der Waals surface area contributed by atoms with Crippen LogP contribution in [0.4, 0.5) is 0 Å². The lowest BCUT2D eigenvalue weighted by Gasteiger charge is -2.39. The predicted molar refractivity (Wildman–Crippen MR) is 67.3 cm³/mol. The second kappa shape index (κ2) is 7.22. The van der Waals surface area contributed by atoms with Crippen LogP contribution in [0, 0.1) is 11.8 Å². The van der Waals surface area contributed by atoms with Gasteiger partial charge >= 0.3 is 0 Å². The molecule has 0 saturated carbocycles. The monoisotopic (exact) mass is 229 g/mol. The van der Waals surface area contributed by atoms with Crippen LogP contribution in [0.5, 0.6) is 0 Å². The molecule has 0 aromatic rings. The molecular formula is C12H27N3O. The van der Waals surface area contributed by atoms with Crippen molar-refractivity contribution in [2.45, 2.75) is 26.3 Å². The van der Waals surface area contributed by atoms with Crippen LogP contribution in [0.2, 0.25) is 0 Å². The number of rotatable bonds is 6. The maximum absolute atomic E-state index is 8.85. The van der Waals surface area contributed by atoms with Crippen LogP contribution in [0.1, 0.15) is 20.3 Å². The molecule has 0 radical (unpaired) electrons. The number of nitrogens with one attached hydrogen (secondary N) is 1. The van der Waals surface area contributed by atoms with Crippen molar-refractivity contribution in [1.29, 1.82) is 0 Å². The van der Waals surface area contributed by atoms with E-state index >= 15 is 0 Å². The second-order valence-electron chi connectivity index (χ2n) is 5.16. The molecule has 1 aliphatic heterocycles. The molecule has 1 saturated heterocycles. The van der Waals surface area contributed by atoms with Crippen molar-refractivity contribution in [3.8, 4) is 0 Å². The van der Waals surface area contributed by atoms with Gasteiger partial charge in [-0.05, 0) is 18.3 Å². The third-order valence-electron chi connectivity index (χ3n) is 3.49. The standard InChI is InChI=1S/C12H27N3O/c1-10(2)11-7-12(14-4-6-16)9-15(8-11)5-3-13/h10-12,14,16H,3-9,13H2,1-2H3. The van der Waals surface area contributed by atoms with E-state index in [9.17, 15) is 0 Å². The Balaban J connectivity index is 2.45. The van der Waals surface area contributed by atoms with Gasteiger partial charge in [-0.15, -0.1) is 0 Å². The molecule has 0 aromatic heterocycles. The molecular weight excluding hydrogens is 202 g/mol. The van der Waals surface area contributed by atoms with Crippen LogP contribution in [0.3, 0.4) is 0 Å². The van der Waals surface area contributed by atoms with Crippen LogP contribution in [-0.2, 0) is 0 Å². The van der Waals surface area contributed by atoms with Crippen molar-refractivity contribution in [2.75, 3.05) is 39.3 Å². The lowest BCUT2D eigenvalue weighted by Crippen LogP contribution is -2.51. The Kier molecular flexibility index (Phi) is 6.28. The number of hydrogen-bond donors (Lipinski definition) is 3. The minimum absolute atomic E-state index is 0.222. The Bertz CT molecular complexity index is 187. The van der Waals surface area contributed by atoms with Gasteiger partial charge in [0.15, 0.2) is 0 Å². The van der Waals surface area contributed by atoms with Crippen LogP contribution in [0.25, 0.3) is 0 Å². The van der Waals surface area contributed by atoms with Gasteiger partial charge in [0.1, 0.15) is 0 Å². The number of aliphatic hydroxyl groups is 1. The van der Waals surface area contributed by atoms with Gasteiger partial charge in [-0.3, -0.25) is 0 Å². The quantitative estimate of drug-likeness (QED) is 0.594. The van der Waals surface area contributed by atoms with E-state index in [0.29, 0.717) is 12.6 Å². The van der Waals surface area contributed by atoms with E-state index in [2.05, 4.69) is 24.1 Å². The van der Waals surface area contributed by atoms with E-state index in [-0.39, 0.29) is 6.61 Å². The summed E-state index contributed by atoms with van der Waals surface area (Å²) < 4.78 is 0. The van der Waals surface area contributed by atoms with Gasteiger partial charge in [-0.1, -0.05) is 13.8 Å². The molecule has 96 valence electrons. The molecule has 0 aliphatic carbocycles. The van der Waals surface area contributed by atoms with Crippen LogP contribution >= 0.6 is 0 Å². The maximum Gasteiger partial charge on any atom is 0.0556 e. The minimum atomic E-state index is 0.222. The number of piperidine rings is 1. The van der Waals surface area contributed by atoms with Crippen LogP contribution in [-0.4, -0.2) is 55.4 Å². The fourth-order valence-electron chi connectivity index (χ4n) is 2.50. The normalized spacial score (nSPS) is 27.6. The lowest BCUT2D eigenvalue weighted by molar-refractivity contribution is 0.116.